The van der Waals surface area contributed by atoms with E-state index in [0.717, 1.165) is 21.9 Å². The van der Waals surface area contributed by atoms with Gasteiger partial charge in [0.25, 0.3) is 0 Å². The van der Waals surface area contributed by atoms with Crippen molar-refractivity contribution in [2.75, 3.05) is 0 Å². The molecule has 0 aliphatic rings. The van der Waals surface area contributed by atoms with E-state index in [1.54, 1.807) is 24.3 Å². The fourth-order valence-electron chi connectivity index (χ4n) is 5.61. The molecule has 39 heavy (non-hydrogen) atoms. The third-order valence-electron chi connectivity index (χ3n) is 7.29. The van der Waals surface area contributed by atoms with Crippen molar-refractivity contribution in [1.29, 1.82) is 0 Å². The van der Waals surface area contributed by atoms with E-state index in [9.17, 15) is 2.74 Å². The Morgan fingerprint density at radius 1 is 0.436 bits per heavy atom. The molecule has 7 aromatic carbocycles. The third-order valence-corrected chi connectivity index (χ3v) is 7.29. The summed E-state index contributed by atoms with van der Waals surface area (Å²) in [5.41, 5.74) is 4.66. The van der Waals surface area contributed by atoms with Crippen molar-refractivity contribution in [3.05, 3.63) is 145 Å². The summed E-state index contributed by atoms with van der Waals surface area (Å²) >= 11 is 0. The average molecular weight is 505 g/mol. The fraction of sp³-hybridized carbons (Fsp3) is 0. The normalized spacial score (nSPS) is 14.5. The standard InChI is InChI=1S/C38H24O/c1-3-13-25(14-4-1)33-23-27(24-34-28-17-11-12-22-35(28)39-38(33)34)37-31-20-9-7-18-29(31)36(26-15-5-2-6-16-26)30-19-8-10-21-32(30)37/h1-24H/i7D,8D,9D,10D,18D,19D,20D,21D. The first kappa shape index (κ1) is 15.3. The smallest absolute Gasteiger partial charge is 0.143 e. The van der Waals surface area contributed by atoms with Crippen LogP contribution >= 0.6 is 0 Å². The summed E-state index contributed by atoms with van der Waals surface area (Å²) in [5.74, 6) is 0. The van der Waals surface area contributed by atoms with Crippen molar-refractivity contribution in [1.82, 2.24) is 0 Å². The third kappa shape index (κ3) is 3.41. The predicted molar refractivity (Wildman–Crippen MR) is 165 cm³/mol. The first-order valence-electron chi connectivity index (χ1n) is 16.7. The molecule has 182 valence electrons. The zero-order valence-corrected chi connectivity index (χ0v) is 20.6. The molecular formula is C38H24O. The summed E-state index contributed by atoms with van der Waals surface area (Å²) in [4.78, 5) is 0. The Hall–Kier alpha value is -5.14. The molecule has 0 spiro atoms. The average Bonchev–Trinajstić information content (AvgIpc) is 3.49. The van der Waals surface area contributed by atoms with Gasteiger partial charge in [0.2, 0.25) is 0 Å². The molecule has 8 rings (SSSR count). The maximum Gasteiger partial charge on any atom is 0.143 e. The molecule has 0 bridgehead atoms. The van der Waals surface area contributed by atoms with Gasteiger partial charge in [-0.15, -0.1) is 0 Å². The fourth-order valence-corrected chi connectivity index (χ4v) is 5.61. The highest BCUT2D eigenvalue weighted by Crippen LogP contribution is 2.46. The number of benzene rings is 7. The zero-order chi connectivity index (χ0) is 32.7. The zero-order valence-electron chi connectivity index (χ0n) is 28.6. The maximum atomic E-state index is 9.25. The van der Waals surface area contributed by atoms with Crippen molar-refractivity contribution in [3.63, 3.8) is 0 Å². The molecule has 0 atom stereocenters. The van der Waals surface area contributed by atoms with Gasteiger partial charge in [-0.2, -0.15) is 0 Å². The van der Waals surface area contributed by atoms with Crippen LogP contribution < -0.4 is 0 Å². The Kier molecular flexibility index (Phi) is 3.42. The number of rotatable bonds is 3. The molecule has 0 radical (unpaired) electrons. The number of hydrogen-bond acceptors (Lipinski definition) is 1. The molecular weight excluding hydrogens is 472 g/mol. The van der Waals surface area contributed by atoms with Crippen LogP contribution in [0.15, 0.2) is 150 Å². The Labute approximate surface area is 237 Å². The van der Waals surface area contributed by atoms with Crippen LogP contribution in [0.1, 0.15) is 11.0 Å². The van der Waals surface area contributed by atoms with Gasteiger partial charge in [0, 0.05) is 16.3 Å². The van der Waals surface area contributed by atoms with E-state index in [1.165, 1.54) is 0 Å². The van der Waals surface area contributed by atoms with E-state index < -0.39 is 24.2 Å². The van der Waals surface area contributed by atoms with E-state index in [0.29, 0.717) is 33.4 Å². The van der Waals surface area contributed by atoms with E-state index in [-0.39, 0.29) is 45.7 Å². The Morgan fingerprint density at radius 3 is 1.56 bits per heavy atom. The molecule has 0 saturated heterocycles. The molecule has 0 amide bonds. The van der Waals surface area contributed by atoms with Gasteiger partial charge in [0.05, 0.1) is 11.0 Å². The second-order valence-electron chi connectivity index (χ2n) is 9.48. The van der Waals surface area contributed by atoms with Crippen LogP contribution in [0.25, 0.3) is 76.9 Å². The van der Waals surface area contributed by atoms with Crippen molar-refractivity contribution < 1.29 is 15.4 Å². The number of furan rings is 1. The lowest BCUT2D eigenvalue weighted by Crippen LogP contribution is -1.91. The van der Waals surface area contributed by atoms with E-state index in [1.807, 2.05) is 72.8 Å². The molecule has 0 N–H and O–H groups in total. The second kappa shape index (κ2) is 8.72. The highest BCUT2D eigenvalue weighted by atomic mass is 16.3. The van der Waals surface area contributed by atoms with Crippen molar-refractivity contribution in [3.8, 4) is 33.4 Å². The van der Waals surface area contributed by atoms with Gasteiger partial charge in [0.1, 0.15) is 11.2 Å². The van der Waals surface area contributed by atoms with Crippen LogP contribution in [-0.2, 0) is 0 Å². The molecule has 8 aromatic rings. The Balaban J connectivity index is 1.69. The summed E-state index contributed by atoms with van der Waals surface area (Å²) in [6.45, 7) is 0. The molecule has 1 aromatic heterocycles. The minimum atomic E-state index is -0.430. The van der Waals surface area contributed by atoms with Gasteiger partial charge in [-0.3, -0.25) is 0 Å². The Morgan fingerprint density at radius 2 is 0.949 bits per heavy atom. The van der Waals surface area contributed by atoms with Gasteiger partial charge < -0.3 is 4.42 Å². The molecule has 0 aliphatic heterocycles. The van der Waals surface area contributed by atoms with E-state index >= 15 is 0 Å². The number of hydrogen-bond donors (Lipinski definition) is 0. The van der Waals surface area contributed by atoms with Crippen LogP contribution in [-0.4, -0.2) is 0 Å². The van der Waals surface area contributed by atoms with Gasteiger partial charge in [-0.05, 0) is 67.6 Å². The first-order valence-corrected chi connectivity index (χ1v) is 12.7. The Bertz CT molecular complexity index is 2510. The van der Waals surface area contributed by atoms with Gasteiger partial charge in [-0.1, -0.05) is 127 Å². The summed E-state index contributed by atoms with van der Waals surface area (Å²) in [6.07, 6.45) is 0. The molecule has 0 fully saturated rings. The van der Waals surface area contributed by atoms with Gasteiger partial charge >= 0.3 is 0 Å². The largest absolute Gasteiger partial charge is 0.455 e. The van der Waals surface area contributed by atoms with Gasteiger partial charge in [0.15, 0.2) is 0 Å². The molecule has 1 heterocycles. The van der Waals surface area contributed by atoms with Crippen LogP contribution in [0.4, 0.5) is 0 Å². The lowest BCUT2D eigenvalue weighted by molar-refractivity contribution is 0.670. The van der Waals surface area contributed by atoms with E-state index in [4.69, 9.17) is 12.6 Å². The highest BCUT2D eigenvalue weighted by molar-refractivity contribution is 6.22. The summed E-state index contributed by atoms with van der Waals surface area (Å²) in [5, 5.41) is 2.35. The molecule has 0 unspecified atom stereocenters. The maximum absolute atomic E-state index is 9.25. The summed E-state index contributed by atoms with van der Waals surface area (Å²) in [7, 11) is 0. The SMILES string of the molecule is [2H]c1c([2H])c([2H])c2c(-c3cc(-c4ccccc4)c4oc5ccccc5c4c3)c3c([2H])c([2H])c([2H])c([2H])c3c(-c3ccccc3)c2c1[2H]. The topological polar surface area (TPSA) is 13.1 Å². The van der Waals surface area contributed by atoms with Crippen molar-refractivity contribution in [2.24, 2.45) is 0 Å². The minimum Gasteiger partial charge on any atom is -0.455 e. The quantitative estimate of drug-likeness (QED) is 0.218. The van der Waals surface area contributed by atoms with Crippen molar-refractivity contribution in [2.45, 2.75) is 0 Å². The van der Waals surface area contributed by atoms with Crippen molar-refractivity contribution >= 4 is 43.5 Å². The summed E-state index contributed by atoms with van der Waals surface area (Å²) < 4.78 is 77.9. The molecule has 0 aliphatic carbocycles. The lowest BCUT2D eigenvalue weighted by Gasteiger charge is -2.18. The minimum absolute atomic E-state index is 0.179. The van der Waals surface area contributed by atoms with Crippen LogP contribution in [0.5, 0.6) is 0 Å². The summed E-state index contributed by atoms with van der Waals surface area (Å²) in [6, 6.07) is 27.2. The number of fused-ring (bicyclic) bond motifs is 5. The van der Waals surface area contributed by atoms with Gasteiger partial charge in [-0.25, -0.2) is 0 Å². The predicted octanol–water partition coefficient (Wildman–Crippen LogP) is 10.9. The van der Waals surface area contributed by atoms with Crippen LogP contribution in [0.3, 0.4) is 0 Å². The van der Waals surface area contributed by atoms with E-state index in [2.05, 4.69) is 0 Å². The highest BCUT2D eigenvalue weighted by Gasteiger charge is 2.20. The molecule has 0 saturated carbocycles. The monoisotopic (exact) mass is 504 g/mol. The van der Waals surface area contributed by atoms with Crippen LogP contribution in [0.2, 0.25) is 0 Å². The van der Waals surface area contributed by atoms with Crippen LogP contribution in [0, 0.1) is 0 Å². The molecule has 1 nitrogen and oxygen atoms in total. The molecule has 1 heteroatoms. The second-order valence-corrected chi connectivity index (χ2v) is 9.48. The lowest BCUT2D eigenvalue weighted by atomic mass is 9.85. The number of para-hydroxylation sites is 1. The first-order chi connectivity index (χ1) is 22.7.